The summed E-state index contributed by atoms with van der Waals surface area (Å²) in [7, 11) is 0. The van der Waals surface area contributed by atoms with E-state index in [9.17, 15) is 8.78 Å². The second kappa shape index (κ2) is 6.95. The number of nitrogens with one attached hydrogen (secondary N) is 1. The van der Waals surface area contributed by atoms with E-state index in [0.717, 1.165) is 23.7 Å². The highest BCUT2D eigenvalue weighted by atomic mass is 79.9. The molecular weight excluding hydrogens is 342 g/mol. The second-order valence-corrected chi connectivity index (χ2v) is 5.46. The van der Waals surface area contributed by atoms with E-state index in [1.54, 1.807) is 6.20 Å². The lowest BCUT2D eigenvalue weighted by Gasteiger charge is -2.11. The van der Waals surface area contributed by atoms with Crippen molar-refractivity contribution in [2.45, 2.75) is 20.4 Å². The maximum Gasteiger partial charge on any atom is 0.222 e. The molecule has 2 rings (SSSR count). The smallest absolute Gasteiger partial charge is 0.222 e. The molecule has 0 aliphatic heterocycles. The van der Waals surface area contributed by atoms with Gasteiger partial charge >= 0.3 is 0 Å². The number of pyridine rings is 1. The van der Waals surface area contributed by atoms with Crippen LogP contribution < -0.4 is 10.1 Å². The fourth-order valence-electron chi connectivity index (χ4n) is 1.80. The number of ether oxygens (including phenoxy) is 1. The summed E-state index contributed by atoms with van der Waals surface area (Å²) < 4.78 is 32.8. The van der Waals surface area contributed by atoms with Crippen molar-refractivity contribution in [3.8, 4) is 11.6 Å². The third kappa shape index (κ3) is 3.98. The SMILES string of the molecule is CCNCc1cnc(Oc2cc(Br)cc(F)c2F)c(C)c1. The van der Waals surface area contributed by atoms with Crippen LogP contribution in [0.1, 0.15) is 18.1 Å². The van der Waals surface area contributed by atoms with Crippen molar-refractivity contribution in [3.05, 3.63) is 51.6 Å². The van der Waals surface area contributed by atoms with Crippen LogP contribution in [0.4, 0.5) is 8.78 Å². The van der Waals surface area contributed by atoms with Gasteiger partial charge in [0, 0.05) is 22.8 Å². The largest absolute Gasteiger partial charge is 0.436 e. The van der Waals surface area contributed by atoms with Crippen molar-refractivity contribution in [2.24, 2.45) is 0 Å². The second-order valence-electron chi connectivity index (χ2n) is 4.55. The molecule has 0 aliphatic rings. The Morgan fingerprint density at radius 3 is 2.71 bits per heavy atom. The fourth-order valence-corrected chi connectivity index (χ4v) is 2.21. The Hall–Kier alpha value is -1.53. The molecule has 0 unspecified atom stereocenters. The average Bonchev–Trinajstić information content (AvgIpc) is 2.44. The lowest BCUT2D eigenvalue weighted by atomic mass is 10.2. The Morgan fingerprint density at radius 1 is 1.29 bits per heavy atom. The summed E-state index contributed by atoms with van der Waals surface area (Å²) in [6.07, 6.45) is 1.65. The summed E-state index contributed by atoms with van der Waals surface area (Å²) in [5, 5.41) is 3.19. The number of halogens is 3. The van der Waals surface area contributed by atoms with E-state index in [4.69, 9.17) is 4.74 Å². The minimum absolute atomic E-state index is 0.197. The number of aromatic nitrogens is 1. The minimum Gasteiger partial charge on any atom is -0.436 e. The molecular formula is C15H15BrF2N2O. The maximum atomic E-state index is 13.7. The molecule has 6 heteroatoms. The van der Waals surface area contributed by atoms with Gasteiger partial charge in [-0.25, -0.2) is 9.37 Å². The van der Waals surface area contributed by atoms with Crippen molar-refractivity contribution in [3.63, 3.8) is 0 Å². The van der Waals surface area contributed by atoms with Gasteiger partial charge < -0.3 is 10.1 Å². The predicted molar refractivity (Wildman–Crippen MR) is 80.5 cm³/mol. The van der Waals surface area contributed by atoms with Gasteiger partial charge in [-0.3, -0.25) is 0 Å². The normalized spacial score (nSPS) is 10.7. The summed E-state index contributed by atoms with van der Waals surface area (Å²) in [6.45, 7) is 5.39. The van der Waals surface area contributed by atoms with E-state index in [1.165, 1.54) is 6.07 Å². The molecule has 0 amide bonds. The monoisotopic (exact) mass is 356 g/mol. The zero-order valence-corrected chi connectivity index (χ0v) is 13.3. The van der Waals surface area contributed by atoms with Crippen LogP contribution in [-0.4, -0.2) is 11.5 Å². The molecule has 2 aromatic rings. The first kappa shape index (κ1) is 15.9. The highest BCUT2D eigenvalue weighted by Crippen LogP contribution is 2.30. The molecule has 1 N–H and O–H groups in total. The van der Waals surface area contributed by atoms with Crippen molar-refractivity contribution in [2.75, 3.05) is 6.54 Å². The third-order valence-corrected chi connectivity index (χ3v) is 3.29. The lowest BCUT2D eigenvalue weighted by molar-refractivity contribution is 0.402. The summed E-state index contributed by atoms with van der Waals surface area (Å²) in [6, 6.07) is 4.31. The van der Waals surface area contributed by atoms with Crippen LogP contribution in [-0.2, 0) is 6.54 Å². The molecule has 0 radical (unpaired) electrons. The molecule has 0 saturated carbocycles. The predicted octanol–water partition coefficient (Wildman–Crippen LogP) is 4.33. The van der Waals surface area contributed by atoms with Crippen LogP contribution in [0.15, 0.2) is 28.9 Å². The van der Waals surface area contributed by atoms with Gasteiger partial charge in [0.1, 0.15) is 0 Å². The number of aryl methyl sites for hydroxylation is 1. The minimum atomic E-state index is -1.03. The van der Waals surface area contributed by atoms with Gasteiger partial charge in [-0.1, -0.05) is 22.9 Å². The number of nitrogens with zero attached hydrogens (tertiary/aromatic N) is 1. The van der Waals surface area contributed by atoms with E-state index < -0.39 is 11.6 Å². The summed E-state index contributed by atoms with van der Waals surface area (Å²) in [5.41, 5.74) is 1.76. The van der Waals surface area contributed by atoms with Gasteiger partial charge in [0.25, 0.3) is 0 Å². The van der Waals surface area contributed by atoms with Crippen LogP contribution >= 0.6 is 15.9 Å². The van der Waals surface area contributed by atoms with E-state index in [2.05, 4.69) is 26.2 Å². The van der Waals surface area contributed by atoms with Crippen LogP contribution in [0.5, 0.6) is 11.6 Å². The molecule has 1 heterocycles. The molecule has 1 aromatic heterocycles. The Bertz CT molecular complexity index is 650. The van der Waals surface area contributed by atoms with E-state index in [1.807, 2.05) is 19.9 Å². The Morgan fingerprint density at radius 2 is 2.05 bits per heavy atom. The van der Waals surface area contributed by atoms with E-state index in [0.29, 0.717) is 11.0 Å². The van der Waals surface area contributed by atoms with E-state index >= 15 is 0 Å². The van der Waals surface area contributed by atoms with Gasteiger partial charge in [-0.05, 0) is 37.2 Å². The molecule has 0 fully saturated rings. The zero-order chi connectivity index (χ0) is 15.4. The van der Waals surface area contributed by atoms with Crippen molar-refractivity contribution >= 4 is 15.9 Å². The standard InChI is InChI=1S/C15H15BrF2N2O/c1-3-19-7-10-4-9(2)15(20-8-10)21-13-6-11(16)5-12(17)14(13)18/h4-6,8,19H,3,7H2,1-2H3. The fraction of sp³-hybridized carbons (Fsp3) is 0.267. The van der Waals surface area contributed by atoms with Gasteiger partial charge in [-0.2, -0.15) is 4.39 Å². The van der Waals surface area contributed by atoms with Crippen molar-refractivity contribution in [1.29, 1.82) is 0 Å². The topological polar surface area (TPSA) is 34.2 Å². The highest BCUT2D eigenvalue weighted by Gasteiger charge is 2.14. The van der Waals surface area contributed by atoms with Gasteiger partial charge in [0.05, 0.1) is 0 Å². The average molecular weight is 357 g/mol. The number of benzene rings is 1. The molecule has 0 spiro atoms. The third-order valence-electron chi connectivity index (χ3n) is 2.83. The maximum absolute atomic E-state index is 13.7. The van der Waals surface area contributed by atoms with Crippen LogP contribution in [0.3, 0.4) is 0 Å². The molecule has 0 bridgehead atoms. The Balaban J connectivity index is 2.24. The first-order valence-corrected chi connectivity index (χ1v) is 7.29. The number of rotatable bonds is 5. The highest BCUT2D eigenvalue weighted by molar-refractivity contribution is 9.10. The molecule has 112 valence electrons. The summed E-state index contributed by atoms with van der Waals surface area (Å²) in [5.74, 6) is -1.94. The summed E-state index contributed by atoms with van der Waals surface area (Å²) >= 11 is 3.10. The molecule has 21 heavy (non-hydrogen) atoms. The van der Waals surface area contributed by atoms with Crippen LogP contribution in [0.2, 0.25) is 0 Å². The summed E-state index contributed by atoms with van der Waals surface area (Å²) in [4.78, 5) is 4.16. The quantitative estimate of drug-likeness (QED) is 0.809. The van der Waals surface area contributed by atoms with Crippen molar-refractivity contribution < 1.29 is 13.5 Å². The lowest BCUT2D eigenvalue weighted by Crippen LogP contribution is -2.12. The number of hydrogen-bond acceptors (Lipinski definition) is 3. The molecule has 0 saturated heterocycles. The van der Waals surface area contributed by atoms with Crippen LogP contribution in [0.25, 0.3) is 0 Å². The van der Waals surface area contributed by atoms with E-state index in [-0.39, 0.29) is 11.6 Å². The first-order chi connectivity index (χ1) is 10.0. The zero-order valence-electron chi connectivity index (χ0n) is 11.7. The van der Waals surface area contributed by atoms with Crippen molar-refractivity contribution in [1.82, 2.24) is 10.3 Å². The molecule has 0 aliphatic carbocycles. The Labute approximate surface area is 130 Å². The molecule has 3 nitrogen and oxygen atoms in total. The van der Waals surface area contributed by atoms with Gasteiger partial charge in [0.15, 0.2) is 11.6 Å². The van der Waals surface area contributed by atoms with Gasteiger partial charge in [-0.15, -0.1) is 0 Å². The molecule has 1 aromatic carbocycles. The Kier molecular flexibility index (Phi) is 5.25. The molecule has 0 atom stereocenters. The van der Waals surface area contributed by atoms with Gasteiger partial charge in [0.2, 0.25) is 11.7 Å². The number of hydrogen-bond donors (Lipinski definition) is 1. The first-order valence-electron chi connectivity index (χ1n) is 6.50. The van der Waals surface area contributed by atoms with Crippen LogP contribution in [0, 0.1) is 18.6 Å².